The number of rotatable bonds is 8. The summed E-state index contributed by atoms with van der Waals surface area (Å²) in [5.74, 6) is 0.225. The van der Waals surface area contributed by atoms with Gasteiger partial charge in [-0.1, -0.05) is 59.9 Å². The molecule has 43 heavy (non-hydrogen) atoms. The lowest BCUT2D eigenvalue weighted by Gasteiger charge is -2.23. The molecule has 5 aromatic rings. The van der Waals surface area contributed by atoms with E-state index in [4.69, 9.17) is 21.7 Å². The quantitative estimate of drug-likeness (QED) is 0.180. The Kier molecular flexibility index (Phi) is 7.85. The van der Waals surface area contributed by atoms with Crippen LogP contribution in [0, 0.1) is 6.92 Å². The number of halogens is 1. The zero-order chi connectivity index (χ0) is 30.2. The molecule has 0 saturated carbocycles. The van der Waals surface area contributed by atoms with E-state index in [1.807, 2.05) is 48.9 Å². The first kappa shape index (κ1) is 28.8. The number of pyridine rings is 1. The molecule has 1 unspecified atom stereocenters. The standard InChI is InChI=1S/C31H31ClN8O2S/c1-18-12-22(19(2)33-24-10-11-26(32)34-28(24)29(41)37-43-4)27-23(13-18)30(42)38(3)31(35-27)39-15-21-16-40(36-25(21)17-39)14-20-8-6-5-7-9-20/h5-13,16,19,33H,14-15,17H2,1-4H3,(H,37,41). The lowest BCUT2D eigenvalue weighted by atomic mass is 10.0. The molecule has 6 rings (SSSR count). The molecule has 2 aromatic carbocycles. The summed E-state index contributed by atoms with van der Waals surface area (Å²) in [6.45, 7) is 5.80. The number of hydrogen-bond donors (Lipinski definition) is 2. The van der Waals surface area contributed by atoms with Crippen LogP contribution in [0.5, 0.6) is 0 Å². The van der Waals surface area contributed by atoms with E-state index in [0.717, 1.165) is 22.4 Å². The van der Waals surface area contributed by atoms with Crippen molar-refractivity contribution in [1.82, 2.24) is 29.0 Å². The van der Waals surface area contributed by atoms with E-state index in [0.29, 0.717) is 42.2 Å². The van der Waals surface area contributed by atoms with Gasteiger partial charge < -0.3 is 10.2 Å². The van der Waals surface area contributed by atoms with E-state index in [9.17, 15) is 9.59 Å². The van der Waals surface area contributed by atoms with Crippen LogP contribution in [0.3, 0.4) is 0 Å². The molecule has 2 N–H and O–H groups in total. The minimum absolute atomic E-state index is 0.121. The maximum atomic E-state index is 13.7. The van der Waals surface area contributed by atoms with Gasteiger partial charge >= 0.3 is 0 Å². The fraction of sp³-hybridized carbons (Fsp3) is 0.258. The third-order valence-corrected chi connectivity index (χ3v) is 8.14. The van der Waals surface area contributed by atoms with Crippen LogP contribution in [0.15, 0.2) is 65.6 Å². The van der Waals surface area contributed by atoms with Crippen LogP contribution in [0.1, 0.15) is 51.4 Å². The summed E-state index contributed by atoms with van der Waals surface area (Å²) in [4.78, 5) is 37.8. The van der Waals surface area contributed by atoms with Gasteiger partial charge in [0.15, 0.2) is 5.69 Å². The highest BCUT2D eigenvalue weighted by Gasteiger charge is 2.27. The fourth-order valence-corrected chi connectivity index (χ4v) is 5.96. The molecular weight excluding hydrogens is 584 g/mol. The predicted molar refractivity (Wildman–Crippen MR) is 172 cm³/mol. The number of aryl methyl sites for hydroxylation is 1. The van der Waals surface area contributed by atoms with Crippen molar-refractivity contribution in [3.8, 4) is 0 Å². The van der Waals surface area contributed by atoms with E-state index in [1.165, 1.54) is 17.5 Å². The highest BCUT2D eigenvalue weighted by Crippen LogP contribution is 2.31. The topological polar surface area (TPSA) is 110 Å². The minimum Gasteiger partial charge on any atom is -0.377 e. The third kappa shape index (κ3) is 5.70. The molecule has 10 nitrogen and oxygen atoms in total. The van der Waals surface area contributed by atoms with E-state index < -0.39 is 0 Å². The normalized spacial score (nSPS) is 13.3. The smallest absolute Gasteiger partial charge is 0.281 e. The highest BCUT2D eigenvalue weighted by molar-refractivity contribution is 7.97. The first-order valence-corrected chi connectivity index (χ1v) is 15.4. The second kappa shape index (κ2) is 11.7. The van der Waals surface area contributed by atoms with Crippen molar-refractivity contribution in [2.24, 2.45) is 7.05 Å². The molecule has 1 amide bonds. The molecule has 0 saturated heterocycles. The van der Waals surface area contributed by atoms with Crippen molar-refractivity contribution in [3.63, 3.8) is 0 Å². The van der Waals surface area contributed by atoms with Crippen molar-refractivity contribution in [3.05, 3.63) is 110 Å². The maximum absolute atomic E-state index is 13.7. The van der Waals surface area contributed by atoms with Crippen LogP contribution >= 0.6 is 23.5 Å². The molecule has 0 aliphatic carbocycles. The highest BCUT2D eigenvalue weighted by atomic mass is 35.5. The number of carbonyl (C=O) groups is 1. The number of aromatic nitrogens is 5. The summed E-state index contributed by atoms with van der Waals surface area (Å²) >= 11 is 7.30. The van der Waals surface area contributed by atoms with Gasteiger partial charge in [-0.05, 0) is 43.2 Å². The largest absolute Gasteiger partial charge is 0.377 e. The first-order chi connectivity index (χ1) is 20.7. The molecule has 0 bridgehead atoms. The van der Waals surface area contributed by atoms with Gasteiger partial charge in [-0.2, -0.15) is 5.10 Å². The van der Waals surface area contributed by atoms with E-state index in [2.05, 4.69) is 38.3 Å². The lowest BCUT2D eigenvalue weighted by Crippen LogP contribution is -2.29. The Morgan fingerprint density at radius 1 is 1.12 bits per heavy atom. The van der Waals surface area contributed by atoms with Crippen molar-refractivity contribution in [2.75, 3.05) is 16.5 Å². The number of hydrogen-bond acceptors (Lipinski definition) is 8. The van der Waals surface area contributed by atoms with E-state index in [1.54, 1.807) is 30.0 Å². The average Bonchev–Trinajstić information content (AvgIpc) is 3.55. The van der Waals surface area contributed by atoms with Crippen molar-refractivity contribution in [1.29, 1.82) is 0 Å². The van der Waals surface area contributed by atoms with E-state index in [-0.39, 0.29) is 28.4 Å². The molecule has 0 radical (unpaired) electrons. The molecular formula is C31H31ClN8O2S. The summed E-state index contributed by atoms with van der Waals surface area (Å²) in [6, 6.07) is 17.2. The number of fused-ring (bicyclic) bond motifs is 2. The molecule has 1 aliphatic heterocycles. The van der Waals surface area contributed by atoms with Crippen LogP contribution in [0.4, 0.5) is 11.6 Å². The van der Waals surface area contributed by atoms with Gasteiger partial charge in [0.1, 0.15) is 5.15 Å². The lowest BCUT2D eigenvalue weighted by molar-refractivity contribution is 0.0980. The Morgan fingerprint density at radius 3 is 2.65 bits per heavy atom. The van der Waals surface area contributed by atoms with Gasteiger partial charge in [0.25, 0.3) is 11.5 Å². The Bertz CT molecular complexity index is 1880. The Morgan fingerprint density at radius 2 is 1.91 bits per heavy atom. The number of benzene rings is 2. The number of nitrogens with one attached hydrogen (secondary N) is 2. The summed E-state index contributed by atoms with van der Waals surface area (Å²) in [5, 5.41) is 8.99. The van der Waals surface area contributed by atoms with Crippen LogP contribution in [0.25, 0.3) is 10.9 Å². The van der Waals surface area contributed by atoms with Crippen LogP contribution in [0.2, 0.25) is 5.15 Å². The van der Waals surface area contributed by atoms with Crippen LogP contribution in [-0.4, -0.2) is 36.5 Å². The molecule has 0 spiro atoms. The van der Waals surface area contributed by atoms with Gasteiger partial charge in [0, 0.05) is 37.2 Å². The van der Waals surface area contributed by atoms with Gasteiger partial charge in [-0.25, -0.2) is 9.97 Å². The Labute approximate surface area is 258 Å². The predicted octanol–water partition coefficient (Wildman–Crippen LogP) is 5.24. The Hall–Kier alpha value is -4.35. The minimum atomic E-state index is -0.354. The number of amides is 1. The number of nitrogens with zero attached hydrogens (tertiary/aromatic N) is 6. The molecule has 0 fully saturated rings. The zero-order valence-corrected chi connectivity index (χ0v) is 25.8. The molecule has 1 atom stereocenters. The molecule has 4 heterocycles. The van der Waals surface area contributed by atoms with Gasteiger partial charge in [-0.15, -0.1) is 0 Å². The first-order valence-electron chi connectivity index (χ1n) is 13.8. The summed E-state index contributed by atoms with van der Waals surface area (Å²) in [6.07, 6.45) is 3.84. The van der Waals surface area contributed by atoms with Crippen molar-refractivity contribution < 1.29 is 4.79 Å². The van der Waals surface area contributed by atoms with Gasteiger partial charge in [0.2, 0.25) is 5.95 Å². The maximum Gasteiger partial charge on any atom is 0.281 e. The second-order valence-electron chi connectivity index (χ2n) is 10.7. The monoisotopic (exact) mass is 614 g/mol. The van der Waals surface area contributed by atoms with Crippen LogP contribution in [-0.2, 0) is 26.7 Å². The Balaban J connectivity index is 1.32. The SMILES string of the molecule is CSNC(=O)c1nc(Cl)ccc1NC(C)c1cc(C)cc2c(=O)n(C)c(N3Cc4cn(Cc5ccccc5)nc4C3)nc12. The molecule has 3 aromatic heterocycles. The van der Waals surface area contributed by atoms with E-state index >= 15 is 0 Å². The summed E-state index contributed by atoms with van der Waals surface area (Å²) in [5.41, 5.74) is 6.27. The van der Waals surface area contributed by atoms with Crippen molar-refractivity contribution >= 4 is 52.0 Å². The van der Waals surface area contributed by atoms with Crippen LogP contribution < -0.4 is 20.5 Å². The average molecular weight is 615 g/mol. The van der Waals surface area contributed by atoms with Gasteiger partial charge in [0.05, 0.1) is 41.4 Å². The fourth-order valence-electron chi connectivity index (χ4n) is 5.53. The zero-order valence-electron chi connectivity index (χ0n) is 24.3. The molecule has 1 aliphatic rings. The molecule has 12 heteroatoms. The second-order valence-corrected chi connectivity index (χ2v) is 11.7. The van der Waals surface area contributed by atoms with Crippen molar-refractivity contribution in [2.45, 2.75) is 39.5 Å². The number of carbonyl (C=O) groups excluding carboxylic acids is 1. The molecule has 220 valence electrons. The van der Waals surface area contributed by atoms with Gasteiger partial charge in [-0.3, -0.25) is 23.6 Å². The third-order valence-electron chi connectivity index (χ3n) is 7.54. The summed E-state index contributed by atoms with van der Waals surface area (Å²) in [7, 11) is 1.76. The number of anilines is 2. The summed E-state index contributed by atoms with van der Waals surface area (Å²) < 4.78 is 6.29.